The molecule has 0 amide bonds. The molecule has 1 atom stereocenters. The van der Waals surface area contributed by atoms with Gasteiger partial charge in [-0.2, -0.15) is 0 Å². The largest absolute Gasteiger partial charge is 0.476 e. The minimum absolute atomic E-state index is 0.243. The van der Waals surface area contributed by atoms with Gasteiger partial charge in [-0.3, -0.25) is 4.98 Å². The summed E-state index contributed by atoms with van der Waals surface area (Å²) in [5.41, 5.74) is 4.52. The van der Waals surface area contributed by atoms with Crippen LogP contribution in [-0.4, -0.2) is 47.3 Å². The molecule has 2 aromatic heterocycles. The molecule has 0 aromatic carbocycles. The van der Waals surface area contributed by atoms with Gasteiger partial charge in [0.05, 0.1) is 24.0 Å². The molecule has 7 nitrogen and oxygen atoms in total. The van der Waals surface area contributed by atoms with Gasteiger partial charge in [-0.25, -0.2) is 9.78 Å². The van der Waals surface area contributed by atoms with Gasteiger partial charge in [-0.1, -0.05) is 39.3 Å². The van der Waals surface area contributed by atoms with Crippen LogP contribution in [0.3, 0.4) is 0 Å². The van der Waals surface area contributed by atoms with Crippen molar-refractivity contribution < 1.29 is 19.0 Å². The van der Waals surface area contributed by atoms with E-state index >= 15 is 0 Å². The second-order valence-corrected chi connectivity index (χ2v) is 13.8. The molecule has 0 aliphatic carbocycles. The Hall–Kier alpha value is -2.38. The SMILES string of the molecule is Cc1nc(OCC(C)C)c(Cl)cc1-c1cnc(C)c(C(OC(C)(C)C)C(=O)OC(C)C)c1N1CCC(C)(C)CC1. The van der Waals surface area contributed by atoms with Crippen LogP contribution in [0, 0.1) is 25.2 Å². The smallest absolute Gasteiger partial charge is 0.340 e. The summed E-state index contributed by atoms with van der Waals surface area (Å²) in [5.74, 6) is 0.352. The number of hydrogen-bond donors (Lipinski definition) is 0. The van der Waals surface area contributed by atoms with E-state index in [4.69, 9.17) is 35.8 Å². The summed E-state index contributed by atoms with van der Waals surface area (Å²) in [6, 6.07) is 1.90. The fourth-order valence-electron chi connectivity index (χ4n) is 4.85. The normalized spacial score (nSPS) is 16.4. The fraction of sp³-hybridized carbons (Fsp3) is 0.656. The summed E-state index contributed by atoms with van der Waals surface area (Å²) < 4.78 is 18.1. The van der Waals surface area contributed by atoms with E-state index < -0.39 is 17.7 Å². The Morgan fingerprint density at radius 1 is 1.07 bits per heavy atom. The number of pyridine rings is 2. The monoisotopic (exact) mass is 573 g/mol. The minimum atomic E-state index is -0.947. The third kappa shape index (κ3) is 8.10. The number of anilines is 1. The number of nitrogens with zero attached hydrogens (tertiary/aromatic N) is 3. The van der Waals surface area contributed by atoms with E-state index in [9.17, 15) is 4.79 Å². The number of ether oxygens (including phenoxy) is 3. The lowest BCUT2D eigenvalue weighted by Gasteiger charge is -2.41. The standard InChI is InChI=1S/C32H48ClN3O4/c1-19(2)18-38-29-25(33)16-23(21(5)35-29)24-17-34-22(6)26(27(24)36-14-12-32(10,11)13-15-36)28(40-31(7,8)9)30(37)39-20(3)4/h16-17,19-20,28H,12-15,18H2,1-11H3. The van der Waals surface area contributed by atoms with Crippen molar-refractivity contribution in [3.05, 3.63) is 34.2 Å². The molecule has 2 aromatic rings. The average molecular weight is 574 g/mol. The zero-order chi connectivity index (χ0) is 30.0. The molecule has 0 N–H and O–H groups in total. The molecule has 1 saturated heterocycles. The number of esters is 1. The van der Waals surface area contributed by atoms with Crippen molar-refractivity contribution in [2.75, 3.05) is 24.6 Å². The van der Waals surface area contributed by atoms with Gasteiger partial charge in [0.15, 0.2) is 6.10 Å². The van der Waals surface area contributed by atoms with E-state index in [0.29, 0.717) is 23.4 Å². The molecule has 222 valence electrons. The second kappa shape index (κ2) is 12.6. The molecule has 1 fully saturated rings. The Kier molecular flexibility index (Phi) is 10.2. The van der Waals surface area contributed by atoms with Crippen molar-refractivity contribution >= 4 is 23.3 Å². The Bertz CT molecular complexity index is 1190. The number of carbonyl (C=O) groups excluding carboxylic acids is 1. The van der Waals surface area contributed by atoms with Gasteiger partial charge < -0.3 is 19.1 Å². The molecule has 8 heteroatoms. The third-order valence-electron chi connectivity index (χ3n) is 7.00. The number of rotatable bonds is 9. The highest BCUT2D eigenvalue weighted by molar-refractivity contribution is 6.32. The highest BCUT2D eigenvalue weighted by atomic mass is 35.5. The summed E-state index contributed by atoms with van der Waals surface area (Å²) in [6.45, 7) is 24.4. The van der Waals surface area contributed by atoms with Crippen LogP contribution in [0.25, 0.3) is 11.1 Å². The van der Waals surface area contributed by atoms with Gasteiger partial charge in [0, 0.05) is 47.4 Å². The molecule has 1 aliphatic rings. The van der Waals surface area contributed by atoms with Gasteiger partial charge in [-0.15, -0.1) is 0 Å². The first-order valence-corrected chi connectivity index (χ1v) is 14.8. The van der Waals surface area contributed by atoms with Gasteiger partial charge >= 0.3 is 5.97 Å². The fourth-order valence-corrected chi connectivity index (χ4v) is 5.05. The molecule has 3 heterocycles. The average Bonchev–Trinajstić information content (AvgIpc) is 2.82. The van der Waals surface area contributed by atoms with Crippen LogP contribution in [0.2, 0.25) is 5.02 Å². The van der Waals surface area contributed by atoms with E-state index in [2.05, 4.69) is 32.6 Å². The van der Waals surface area contributed by atoms with Gasteiger partial charge in [-0.05, 0) is 78.7 Å². The molecule has 3 rings (SSSR count). The molecule has 0 radical (unpaired) electrons. The summed E-state index contributed by atoms with van der Waals surface area (Å²) in [6.07, 6.45) is 2.68. The number of halogens is 1. The molecular weight excluding hydrogens is 526 g/mol. The lowest BCUT2D eigenvalue weighted by Crippen LogP contribution is -2.39. The maximum Gasteiger partial charge on any atom is 0.340 e. The van der Waals surface area contributed by atoms with Crippen molar-refractivity contribution in [1.82, 2.24) is 9.97 Å². The number of aryl methyl sites for hydroxylation is 2. The molecule has 1 unspecified atom stereocenters. The summed E-state index contributed by atoms with van der Waals surface area (Å²) in [5, 5.41) is 0.441. The predicted molar refractivity (Wildman–Crippen MR) is 162 cm³/mol. The Morgan fingerprint density at radius 2 is 1.70 bits per heavy atom. The summed E-state index contributed by atoms with van der Waals surface area (Å²) in [7, 11) is 0. The minimum Gasteiger partial charge on any atom is -0.476 e. The van der Waals surface area contributed by atoms with Crippen molar-refractivity contribution in [3.63, 3.8) is 0 Å². The Balaban J connectivity index is 2.27. The molecule has 40 heavy (non-hydrogen) atoms. The molecule has 0 spiro atoms. The zero-order valence-corrected chi connectivity index (χ0v) is 27.0. The maximum atomic E-state index is 13.6. The van der Waals surface area contributed by atoms with Crippen molar-refractivity contribution in [1.29, 1.82) is 0 Å². The summed E-state index contributed by atoms with van der Waals surface area (Å²) >= 11 is 6.72. The van der Waals surface area contributed by atoms with Crippen LogP contribution in [0.5, 0.6) is 5.88 Å². The first-order valence-electron chi connectivity index (χ1n) is 14.4. The van der Waals surface area contributed by atoms with Crippen molar-refractivity contribution in [2.24, 2.45) is 11.3 Å². The van der Waals surface area contributed by atoms with E-state index in [0.717, 1.165) is 59.7 Å². The molecular formula is C32H48ClN3O4. The van der Waals surface area contributed by atoms with Crippen molar-refractivity contribution in [2.45, 2.75) is 107 Å². The Morgan fingerprint density at radius 3 is 2.25 bits per heavy atom. The zero-order valence-electron chi connectivity index (χ0n) is 26.3. The van der Waals surface area contributed by atoms with Crippen molar-refractivity contribution in [3.8, 4) is 17.0 Å². The van der Waals surface area contributed by atoms with E-state index in [1.165, 1.54) is 0 Å². The van der Waals surface area contributed by atoms with Gasteiger partial charge in [0.25, 0.3) is 0 Å². The maximum absolute atomic E-state index is 13.6. The topological polar surface area (TPSA) is 73.8 Å². The van der Waals surface area contributed by atoms with Crippen LogP contribution < -0.4 is 9.64 Å². The Labute approximate surface area is 246 Å². The highest BCUT2D eigenvalue weighted by Gasteiger charge is 2.37. The van der Waals surface area contributed by atoms with Gasteiger partial charge in [0.2, 0.25) is 5.88 Å². The van der Waals surface area contributed by atoms with E-state index in [1.54, 1.807) is 0 Å². The van der Waals surface area contributed by atoms with Crippen LogP contribution >= 0.6 is 11.6 Å². The first kappa shape index (κ1) is 32.1. The number of piperidine rings is 1. The van der Waals surface area contributed by atoms with Crippen LogP contribution in [0.1, 0.15) is 98.2 Å². The quantitative estimate of drug-likeness (QED) is 0.282. The van der Waals surface area contributed by atoms with E-state index in [1.807, 2.05) is 60.7 Å². The second-order valence-electron chi connectivity index (χ2n) is 13.4. The predicted octanol–water partition coefficient (Wildman–Crippen LogP) is 7.88. The summed E-state index contributed by atoms with van der Waals surface area (Å²) in [4.78, 5) is 25.5. The van der Waals surface area contributed by atoms with Crippen LogP contribution in [0.15, 0.2) is 12.3 Å². The van der Waals surface area contributed by atoms with E-state index in [-0.39, 0.29) is 11.5 Å². The highest BCUT2D eigenvalue weighted by Crippen LogP contribution is 2.45. The number of aromatic nitrogens is 2. The van der Waals surface area contributed by atoms with Crippen LogP contribution in [0.4, 0.5) is 5.69 Å². The molecule has 0 saturated carbocycles. The van der Waals surface area contributed by atoms with Crippen LogP contribution in [-0.2, 0) is 14.3 Å². The molecule has 1 aliphatic heterocycles. The number of carbonyl (C=O) groups is 1. The third-order valence-corrected chi connectivity index (χ3v) is 7.27. The number of hydrogen-bond acceptors (Lipinski definition) is 7. The lowest BCUT2D eigenvalue weighted by molar-refractivity contribution is -0.171. The van der Waals surface area contributed by atoms with Gasteiger partial charge in [0.1, 0.15) is 5.02 Å². The first-order chi connectivity index (χ1) is 18.5. The lowest BCUT2D eigenvalue weighted by atomic mass is 9.82. The molecule has 0 bridgehead atoms.